The Labute approximate surface area is 156 Å². The quantitative estimate of drug-likeness (QED) is 0.432. The first kappa shape index (κ1) is 20.5. The van der Waals surface area contributed by atoms with E-state index in [1.807, 2.05) is 0 Å². The molecule has 0 unspecified atom stereocenters. The number of esters is 2. The fourth-order valence-electron chi connectivity index (χ4n) is 2.54. The number of imide groups is 1. The summed E-state index contributed by atoms with van der Waals surface area (Å²) < 4.78 is 9.76. The second-order valence-electron chi connectivity index (χ2n) is 5.60. The van der Waals surface area contributed by atoms with Gasteiger partial charge in [0.25, 0.3) is 11.8 Å². The number of benzene rings is 1. The van der Waals surface area contributed by atoms with Crippen molar-refractivity contribution in [2.75, 3.05) is 39.5 Å². The molecule has 0 N–H and O–H groups in total. The largest absolute Gasteiger partial charge is 0.465 e. The molecule has 1 heterocycles. The molecule has 27 heavy (non-hydrogen) atoms. The summed E-state index contributed by atoms with van der Waals surface area (Å²) in [5, 5.41) is 0.692. The molecule has 9 nitrogen and oxygen atoms in total. The Morgan fingerprint density at radius 3 is 1.85 bits per heavy atom. The lowest BCUT2D eigenvalue weighted by atomic mass is 10.1. The van der Waals surface area contributed by atoms with E-state index in [2.05, 4.69) is 0 Å². The van der Waals surface area contributed by atoms with Crippen LogP contribution in [0.1, 0.15) is 34.6 Å². The zero-order valence-corrected chi connectivity index (χ0v) is 15.3. The van der Waals surface area contributed by atoms with Crippen LogP contribution >= 0.6 is 0 Å². The third-order valence-electron chi connectivity index (χ3n) is 3.70. The van der Waals surface area contributed by atoms with Gasteiger partial charge in [-0.15, -0.1) is 5.06 Å². The van der Waals surface area contributed by atoms with Crippen LogP contribution in [-0.2, 0) is 23.9 Å². The van der Waals surface area contributed by atoms with Gasteiger partial charge in [0.05, 0.1) is 44.0 Å². The molecule has 0 radical (unpaired) electrons. The highest BCUT2D eigenvalue weighted by molar-refractivity contribution is 6.20. The Morgan fingerprint density at radius 1 is 0.926 bits per heavy atom. The van der Waals surface area contributed by atoms with Crippen LogP contribution in [-0.4, -0.2) is 73.2 Å². The first-order valence-corrected chi connectivity index (χ1v) is 8.62. The highest BCUT2D eigenvalue weighted by atomic mass is 16.7. The molecule has 0 aliphatic carbocycles. The lowest BCUT2D eigenvalue weighted by molar-refractivity contribution is -0.149. The van der Waals surface area contributed by atoms with Gasteiger partial charge >= 0.3 is 11.9 Å². The van der Waals surface area contributed by atoms with Crippen molar-refractivity contribution in [1.82, 2.24) is 9.96 Å². The van der Waals surface area contributed by atoms with Crippen LogP contribution in [0, 0.1) is 0 Å². The van der Waals surface area contributed by atoms with Crippen molar-refractivity contribution >= 4 is 23.8 Å². The van der Waals surface area contributed by atoms with Crippen LogP contribution < -0.4 is 0 Å². The fourth-order valence-corrected chi connectivity index (χ4v) is 2.54. The molecular formula is C18H22N2O7. The number of amides is 2. The zero-order valence-electron chi connectivity index (χ0n) is 15.3. The third kappa shape index (κ3) is 5.35. The molecule has 146 valence electrons. The summed E-state index contributed by atoms with van der Waals surface area (Å²) in [4.78, 5) is 54.6. The van der Waals surface area contributed by atoms with Gasteiger partial charge in [-0.25, -0.2) is 0 Å². The predicted octanol–water partition coefficient (Wildman–Crippen LogP) is 0.642. The SMILES string of the molecule is CCOC(=O)CN(CCON1C(=O)c2ccccc2C1=O)CC(=O)OCC. The van der Waals surface area contributed by atoms with Crippen LogP contribution in [0.5, 0.6) is 0 Å². The van der Waals surface area contributed by atoms with E-state index in [9.17, 15) is 19.2 Å². The second-order valence-corrected chi connectivity index (χ2v) is 5.60. The Balaban J connectivity index is 1.92. The van der Waals surface area contributed by atoms with E-state index in [1.165, 1.54) is 4.90 Å². The minimum atomic E-state index is -0.544. The van der Waals surface area contributed by atoms with Gasteiger partial charge in [-0.3, -0.25) is 28.9 Å². The van der Waals surface area contributed by atoms with E-state index in [0.717, 1.165) is 0 Å². The first-order chi connectivity index (χ1) is 13.0. The van der Waals surface area contributed by atoms with Crippen molar-refractivity contribution in [3.8, 4) is 0 Å². The number of hydrogen-bond acceptors (Lipinski definition) is 8. The molecule has 0 saturated heterocycles. The Kier molecular flexibility index (Phi) is 7.44. The summed E-state index contributed by atoms with van der Waals surface area (Å²) in [7, 11) is 0. The molecule has 1 aliphatic rings. The van der Waals surface area contributed by atoms with E-state index in [-0.39, 0.29) is 50.6 Å². The zero-order chi connectivity index (χ0) is 19.8. The van der Waals surface area contributed by atoms with Gasteiger partial charge in [0.2, 0.25) is 0 Å². The van der Waals surface area contributed by atoms with Gasteiger partial charge in [-0.05, 0) is 26.0 Å². The average Bonchev–Trinajstić information content (AvgIpc) is 2.87. The van der Waals surface area contributed by atoms with Gasteiger partial charge in [-0.2, -0.15) is 0 Å². The standard InChI is InChI=1S/C18H22N2O7/c1-3-25-15(21)11-19(12-16(22)26-4-2)9-10-27-20-17(23)13-7-5-6-8-14(13)18(20)24/h5-8H,3-4,9-12H2,1-2H3. The smallest absolute Gasteiger partial charge is 0.320 e. The molecule has 2 amide bonds. The molecule has 0 atom stereocenters. The van der Waals surface area contributed by atoms with E-state index in [1.54, 1.807) is 38.1 Å². The summed E-state index contributed by atoms with van der Waals surface area (Å²) in [6, 6.07) is 6.42. The lowest BCUT2D eigenvalue weighted by Gasteiger charge is -2.21. The van der Waals surface area contributed by atoms with Gasteiger partial charge in [0.1, 0.15) is 0 Å². The maximum absolute atomic E-state index is 12.2. The van der Waals surface area contributed by atoms with E-state index >= 15 is 0 Å². The van der Waals surface area contributed by atoms with Crippen LogP contribution in [0.15, 0.2) is 24.3 Å². The lowest BCUT2D eigenvalue weighted by Crippen LogP contribution is -2.40. The van der Waals surface area contributed by atoms with Crippen molar-refractivity contribution in [3.63, 3.8) is 0 Å². The van der Waals surface area contributed by atoms with Crippen molar-refractivity contribution in [2.45, 2.75) is 13.8 Å². The van der Waals surface area contributed by atoms with E-state index in [0.29, 0.717) is 5.06 Å². The second kappa shape index (κ2) is 9.79. The number of carbonyl (C=O) groups excluding carboxylic acids is 4. The predicted molar refractivity (Wildman–Crippen MR) is 92.6 cm³/mol. The van der Waals surface area contributed by atoms with Gasteiger partial charge in [-0.1, -0.05) is 12.1 Å². The summed E-state index contributed by atoms with van der Waals surface area (Å²) in [5.74, 6) is -2.08. The fraction of sp³-hybridized carbons (Fsp3) is 0.444. The first-order valence-electron chi connectivity index (χ1n) is 8.62. The number of hydrogen-bond donors (Lipinski definition) is 0. The third-order valence-corrected chi connectivity index (χ3v) is 3.70. The monoisotopic (exact) mass is 378 g/mol. The van der Waals surface area contributed by atoms with Crippen LogP contribution in [0.4, 0.5) is 0 Å². The van der Waals surface area contributed by atoms with E-state index < -0.39 is 23.8 Å². The maximum Gasteiger partial charge on any atom is 0.320 e. The summed E-state index contributed by atoms with van der Waals surface area (Å²) in [6.45, 7) is 3.55. The summed E-state index contributed by atoms with van der Waals surface area (Å²) in [5.41, 5.74) is 0.551. The van der Waals surface area contributed by atoms with Gasteiger partial charge in [0.15, 0.2) is 0 Å². The molecule has 0 saturated carbocycles. The highest BCUT2D eigenvalue weighted by Gasteiger charge is 2.36. The Morgan fingerprint density at radius 2 is 1.41 bits per heavy atom. The number of nitrogens with zero attached hydrogens (tertiary/aromatic N) is 2. The van der Waals surface area contributed by atoms with Crippen molar-refractivity contribution < 1.29 is 33.5 Å². The molecule has 2 rings (SSSR count). The number of ether oxygens (including phenoxy) is 2. The normalized spacial score (nSPS) is 13.1. The summed E-state index contributed by atoms with van der Waals surface area (Å²) >= 11 is 0. The average molecular weight is 378 g/mol. The number of fused-ring (bicyclic) bond motifs is 1. The molecule has 0 spiro atoms. The van der Waals surface area contributed by atoms with Crippen molar-refractivity contribution in [2.24, 2.45) is 0 Å². The van der Waals surface area contributed by atoms with Crippen molar-refractivity contribution in [3.05, 3.63) is 35.4 Å². The topological polar surface area (TPSA) is 102 Å². The van der Waals surface area contributed by atoms with Gasteiger partial charge < -0.3 is 9.47 Å². The molecule has 1 aromatic carbocycles. The Bertz CT molecular complexity index is 664. The molecule has 1 aromatic rings. The number of hydroxylamine groups is 2. The van der Waals surface area contributed by atoms with Crippen LogP contribution in [0.2, 0.25) is 0 Å². The number of rotatable bonds is 10. The molecular weight excluding hydrogens is 356 g/mol. The minimum absolute atomic E-state index is 0.0791. The molecule has 9 heteroatoms. The van der Waals surface area contributed by atoms with Crippen LogP contribution in [0.3, 0.4) is 0 Å². The highest BCUT2D eigenvalue weighted by Crippen LogP contribution is 2.22. The maximum atomic E-state index is 12.2. The number of carbonyl (C=O) groups is 4. The van der Waals surface area contributed by atoms with Gasteiger partial charge in [0, 0.05) is 6.54 Å². The van der Waals surface area contributed by atoms with Crippen molar-refractivity contribution in [1.29, 1.82) is 0 Å². The van der Waals surface area contributed by atoms with Crippen LogP contribution in [0.25, 0.3) is 0 Å². The molecule has 0 bridgehead atoms. The molecule has 0 aromatic heterocycles. The molecule has 1 aliphatic heterocycles. The summed E-state index contributed by atoms with van der Waals surface area (Å²) in [6.07, 6.45) is 0. The molecule has 0 fully saturated rings. The minimum Gasteiger partial charge on any atom is -0.465 e. The van der Waals surface area contributed by atoms with E-state index in [4.69, 9.17) is 14.3 Å². The Hall–Kier alpha value is -2.78.